The molecule has 0 amide bonds. The van der Waals surface area contributed by atoms with Crippen LogP contribution in [0, 0.1) is 13.3 Å². The Morgan fingerprint density at radius 3 is 2.69 bits per heavy atom. The summed E-state index contributed by atoms with van der Waals surface area (Å²) >= 11 is 0. The molecule has 0 radical (unpaired) electrons. The number of ether oxygens (including phenoxy) is 1. The van der Waals surface area contributed by atoms with Crippen LogP contribution in [0.15, 0.2) is 23.9 Å². The third kappa shape index (κ3) is 3.28. The third-order valence-corrected chi connectivity index (χ3v) is 9.43. The van der Waals surface area contributed by atoms with E-state index in [4.69, 9.17) is 9.84 Å². The van der Waals surface area contributed by atoms with Crippen LogP contribution in [-0.4, -0.2) is 80.8 Å². The highest BCUT2D eigenvalue weighted by Crippen LogP contribution is 2.66. The van der Waals surface area contributed by atoms with Crippen LogP contribution in [0.1, 0.15) is 49.7 Å². The van der Waals surface area contributed by atoms with E-state index in [0.29, 0.717) is 36.6 Å². The van der Waals surface area contributed by atoms with Gasteiger partial charge in [-0.25, -0.2) is 4.79 Å². The molecule has 3 aliphatic carbocycles. The Morgan fingerprint density at radius 1 is 1.28 bits per heavy atom. The number of rotatable bonds is 8. The number of aliphatic hydroxyl groups is 1. The molecule has 1 aromatic rings. The minimum Gasteiger partial charge on any atom is -0.504 e. The number of hydrogen-bond donors (Lipinski definition) is 5. The number of nitrogens with zero attached hydrogens (tertiary/aromatic N) is 1. The van der Waals surface area contributed by atoms with Crippen molar-refractivity contribution >= 4 is 11.9 Å². The summed E-state index contributed by atoms with van der Waals surface area (Å²) in [5.41, 5.74) is 0.595. The molecule has 1 spiro atoms. The first-order valence-electron chi connectivity index (χ1n) is 12.6. The number of aliphatic carboxylic acids is 2. The number of likely N-dealkylation sites (N-methyl/N-ethyl adjacent to an activating group) is 1. The summed E-state index contributed by atoms with van der Waals surface area (Å²) < 4.78 is 7.20. The number of likely N-dealkylation sites (tertiary alicyclic amines) is 1. The number of aromatic hydroxyl groups is 1. The number of piperidine rings is 1. The lowest BCUT2D eigenvalue weighted by Gasteiger charge is -2.64. The zero-order chi connectivity index (χ0) is 24.8. The molecule has 1 aromatic carbocycles. The molecular formula is C27H36N2O7. The van der Waals surface area contributed by atoms with Crippen molar-refractivity contribution in [3.05, 3.63) is 42.5 Å². The predicted octanol–water partition coefficient (Wildman–Crippen LogP) is 1.95. The van der Waals surface area contributed by atoms with Crippen LogP contribution in [0.3, 0.4) is 0 Å². The van der Waals surface area contributed by atoms with Gasteiger partial charge in [-0.15, -0.1) is 0 Å². The Bertz CT molecular complexity index is 1150. The standard InChI is InChI=1S/C26H32N2O7.CH3/c1-28(13-14-2-3-14)11-10-25-21-15-4-6-18(29)22(21)35-23(25)16(8-9-26(25,34)19(28)12-15)27-17(24(32)33)5-7-20(30)31;/h4,6,8,14,17,19,23,27,34H,2-3,5,7,9-13H2,1H3,(H2-,29,30,31,32,33);1H3/q;-1/p+1/t17-,19+,23-,25-,26+,28+;/m0./s1. The highest BCUT2D eigenvalue weighted by atomic mass is 16.5. The molecule has 6 rings (SSSR count). The summed E-state index contributed by atoms with van der Waals surface area (Å²) in [6, 6.07) is 2.46. The Balaban J connectivity index is 0.00000267. The highest BCUT2D eigenvalue weighted by Gasteiger charge is 2.75. The first-order valence-corrected chi connectivity index (χ1v) is 12.6. The van der Waals surface area contributed by atoms with E-state index in [0.717, 1.165) is 28.7 Å². The molecule has 9 heteroatoms. The van der Waals surface area contributed by atoms with Gasteiger partial charge < -0.3 is 42.4 Å². The average molecular weight is 501 g/mol. The molecule has 5 N–H and O–H groups in total. The lowest BCUT2D eigenvalue weighted by Crippen LogP contribution is -2.80. The average Bonchev–Trinajstić information content (AvgIpc) is 3.52. The zero-order valence-electron chi connectivity index (χ0n) is 20.9. The second kappa shape index (κ2) is 8.11. The molecule has 1 saturated carbocycles. The number of phenolic OH excluding ortho intramolecular Hbond substituents is 1. The van der Waals surface area contributed by atoms with Crippen molar-refractivity contribution in [1.29, 1.82) is 0 Å². The molecule has 196 valence electrons. The van der Waals surface area contributed by atoms with Crippen molar-refractivity contribution in [3.63, 3.8) is 0 Å². The summed E-state index contributed by atoms with van der Waals surface area (Å²) in [5, 5.41) is 45.1. The fourth-order valence-electron chi connectivity index (χ4n) is 7.64. The van der Waals surface area contributed by atoms with Gasteiger partial charge in [0.25, 0.3) is 0 Å². The Labute approximate surface area is 211 Å². The number of carboxylic acid groups (broad SMARTS) is 2. The second-order valence-corrected chi connectivity index (χ2v) is 11.5. The monoisotopic (exact) mass is 500 g/mol. The minimum atomic E-state index is -1.14. The van der Waals surface area contributed by atoms with Crippen molar-refractivity contribution in [3.8, 4) is 11.5 Å². The van der Waals surface area contributed by atoms with E-state index in [1.54, 1.807) is 6.07 Å². The van der Waals surface area contributed by atoms with Crippen LogP contribution in [-0.2, 0) is 21.4 Å². The summed E-state index contributed by atoms with van der Waals surface area (Å²) in [7, 11) is 2.26. The molecule has 9 nitrogen and oxygen atoms in total. The molecular weight excluding hydrogens is 464 g/mol. The number of phenols is 1. The smallest absolute Gasteiger partial charge is 0.326 e. The number of hydrogen-bond acceptors (Lipinski definition) is 6. The van der Waals surface area contributed by atoms with Gasteiger partial charge in [0.1, 0.15) is 17.7 Å². The molecule has 2 bridgehead atoms. The Hall–Kier alpha value is -2.78. The first-order chi connectivity index (χ1) is 16.6. The van der Waals surface area contributed by atoms with Crippen molar-refractivity contribution in [2.75, 3.05) is 20.1 Å². The van der Waals surface area contributed by atoms with Crippen LogP contribution in [0.2, 0.25) is 0 Å². The summed E-state index contributed by atoms with van der Waals surface area (Å²) in [4.78, 5) is 23.0. The van der Waals surface area contributed by atoms with Crippen LogP contribution in [0.25, 0.3) is 0 Å². The summed E-state index contributed by atoms with van der Waals surface area (Å²) in [6.07, 6.45) is 5.00. The molecule has 1 saturated heterocycles. The number of nitrogens with one attached hydrogen (secondary N) is 1. The van der Waals surface area contributed by atoms with Gasteiger partial charge in [0.2, 0.25) is 0 Å². The highest BCUT2D eigenvalue weighted by molar-refractivity contribution is 5.75. The molecule has 0 unspecified atom stereocenters. The third-order valence-electron chi connectivity index (χ3n) is 9.43. The lowest BCUT2D eigenvalue weighted by molar-refractivity contribution is -0.950. The van der Waals surface area contributed by atoms with E-state index >= 15 is 0 Å². The normalized spacial score (nSPS) is 36.0. The van der Waals surface area contributed by atoms with Crippen molar-refractivity contribution in [2.45, 2.75) is 74.1 Å². The van der Waals surface area contributed by atoms with E-state index in [2.05, 4.69) is 12.4 Å². The van der Waals surface area contributed by atoms with Gasteiger partial charge >= 0.3 is 11.9 Å². The van der Waals surface area contributed by atoms with E-state index in [1.165, 1.54) is 12.8 Å². The van der Waals surface area contributed by atoms with Crippen molar-refractivity contribution in [1.82, 2.24) is 5.32 Å². The minimum absolute atomic E-state index is 0. The molecule has 2 heterocycles. The largest absolute Gasteiger partial charge is 0.504 e. The number of carbonyl (C=O) groups is 2. The van der Waals surface area contributed by atoms with Gasteiger partial charge in [0.15, 0.2) is 17.6 Å². The quantitative estimate of drug-likeness (QED) is 0.270. The fraction of sp³-hybridized carbons (Fsp3) is 0.593. The van der Waals surface area contributed by atoms with E-state index in [-0.39, 0.29) is 32.1 Å². The first kappa shape index (κ1) is 24.9. The van der Waals surface area contributed by atoms with E-state index < -0.39 is 35.1 Å². The molecule has 5 aliphatic rings. The van der Waals surface area contributed by atoms with Gasteiger partial charge in [-0.05, 0) is 30.9 Å². The Morgan fingerprint density at radius 2 is 2.03 bits per heavy atom. The number of benzene rings is 1. The van der Waals surface area contributed by atoms with Crippen LogP contribution in [0.4, 0.5) is 0 Å². The van der Waals surface area contributed by atoms with Crippen LogP contribution < -0.4 is 10.1 Å². The van der Waals surface area contributed by atoms with Gasteiger partial charge in [-0.3, -0.25) is 4.79 Å². The van der Waals surface area contributed by atoms with Crippen molar-refractivity contribution in [2.24, 2.45) is 5.92 Å². The fourth-order valence-corrected chi connectivity index (χ4v) is 7.64. The summed E-state index contributed by atoms with van der Waals surface area (Å²) in [6.45, 7) is 1.91. The van der Waals surface area contributed by atoms with Crippen molar-refractivity contribution < 1.29 is 39.2 Å². The molecule has 6 atom stereocenters. The predicted molar refractivity (Wildman–Crippen MR) is 130 cm³/mol. The number of quaternary nitrogens is 1. The topological polar surface area (TPSA) is 136 Å². The van der Waals surface area contributed by atoms with Gasteiger partial charge in [-0.1, -0.05) is 12.1 Å². The maximum Gasteiger partial charge on any atom is 0.326 e. The lowest BCUT2D eigenvalue weighted by atomic mass is 9.49. The maximum absolute atomic E-state index is 12.6. The van der Waals surface area contributed by atoms with Gasteiger partial charge in [0.05, 0.1) is 25.6 Å². The number of carboxylic acids is 2. The van der Waals surface area contributed by atoms with Gasteiger partial charge in [-0.2, -0.15) is 0 Å². The van der Waals surface area contributed by atoms with Crippen LogP contribution >= 0.6 is 0 Å². The van der Waals surface area contributed by atoms with Crippen LogP contribution in [0.5, 0.6) is 11.5 Å². The molecule has 2 aliphatic heterocycles. The van der Waals surface area contributed by atoms with E-state index in [1.807, 2.05) is 12.1 Å². The molecule has 2 fully saturated rings. The SMILES string of the molecule is C[N@+]1(CC2CC2)CC[C@]23c4c5ccc(O)c4O[C@H]2C(N[C@@H](CCC(=O)O)C(=O)O)=CC[C@@]3(O)[C@H]1C5.[CH3-]. The summed E-state index contributed by atoms with van der Waals surface area (Å²) in [5.74, 6) is -1.09. The maximum atomic E-state index is 12.6. The molecule has 36 heavy (non-hydrogen) atoms. The Kier molecular flexibility index (Phi) is 5.61. The zero-order valence-corrected chi connectivity index (χ0v) is 20.9. The van der Waals surface area contributed by atoms with E-state index in [9.17, 15) is 24.9 Å². The molecule has 0 aromatic heterocycles. The second-order valence-electron chi connectivity index (χ2n) is 11.5. The van der Waals surface area contributed by atoms with Gasteiger partial charge in [0, 0.05) is 42.9 Å².